The van der Waals surface area contributed by atoms with E-state index in [2.05, 4.69) is 11.8 Å². The molecule has 0 aromatic carbocycles. The lowest BCUT2D eigenvalue weighted by molar-refractivity contribution is -0.289. The van der Waals surface area contributed by atoms with Crippen molar-refractivity contribution in [1.29, 1.82) is 0 Å². The topological polar surface area (TPSA) is 46.2 Å². The molecule has 0 radical (unpaired) electrons. The van der Waals surface area contributed by atoms with Crippen LogP contribution < -0.4 is 0 Å². The zero-order chi connectivity index (χ0) is 19.1. The minimum absolute atomic E-state index is 0.105. The van der Waals surface area contributed by atoms with E-state index in [0.717, 1.165) is 51.4 Å². The molecule has 0 aromatic rings. The van der Waals surface area contributed by atoms with Crippen molar-refractivity contribution < 1.29 is 23.7 Å². The van der Waals surface area contributed by atoms with E-state index in [-0.39, 0.29) is 37.2 Å². The third-order valence-corrected chi connectivity index (χ3v) is 7.33. The third-order valence-electron chi connectivity index (χ3n) is 7.33. The first-order chi connectivity index (χ1) is 13.7. The molecule has 0 bridgehead atoms. The van der Waals surface area contributed by atoms with E-state index < -0.39 is 0 Å². The predicted octanol–water partition coefficient (Wildman–Crippen LogP) is 3.07. The smallest absolute Gasteiger partial charge is 0.190 e. The van der Waals surface area contributed by atoms with E-state index in [4.69, 9.17) is 36.5 Å². The summed E-state index contributed by atoms with van der Waals surface area (Å²) in [7, 11) is 0. The summed E-state index contributed by atoms with van der Waals surface area (Å²) >= 11 is 0. The lowest BCUT2D eigenvalue weighted by Gasteiger charge is -2.39. The van der Waals surface area contributed by atoms with E-state index in [1.54, 1.807) is 0 Å². The summed E-state index contributed by atoms with van der Waals surface area (Å²) in [4.78, 5) is 0. The summed E-state index contributed by atoms with van der Waals surface area (Å²) in [6.07, 6.45) is 18.5. The van der Waals surface area contributed by atoms with Crippen LogP contribution in [-0.4, -0.2) is 43.8 Å². The van der Waals surface area contributed by atoms with Crippen molar-refractivity contribution in [1.82, 2.24) is 0 Å². The second kappa shape index (κ2) is 7.98. The number of terminal acetylenes is 2. The molecule has 2 saturated carbocycles. The molecule has 6 atom stereocenters. The molecule has 5 fully saturated rings. The van der Waals surface area contributed by atoms with Crippen LogP contribution in [0.5, 0.6) is 0 Å². The highest BCUT2D eigenvalue weighted by Crippen LogP contribution is 2.43. The Kier molecular flexibility index (Phi) is 5.39. The lowest BCUT2D eigenvalue weighted by atomic mass is 9.82. The van der Waals surface area contributed by atoms with Crippen LogP contribution in [0.1, 0.15) is 51.4 Å². The van der Waals surface area contributed by atoms with Gasteiger partial charge in [0.05, 0.1) is 6.61 Å². The maximum absolute atomic E-state index is 6.37. The highest BCUT2D eigenvalue weighted by Gasteiger charge is 2.57. The molecule has 0 aromatic heterocycles. The number of hydrogen-bond acceptors (Lipinski definition) is 5. The number of hydrogen-bond donors (Lipinski definition) is 0. The van der Waals surface area contributed by atoms with Crippen molar-refractivity contribution in [3.63, 3.8) is 0 Å². The maximum atomic E-state index is 6.37. The Morgan fingerprint density at radius 1 is 0.571 bits per heavy atom. The Morgan fingerprint density at radius 3 is 1.75 bits per heavy atom. The van der Waals surface area contributed by atoms with Crippen molar-refractivity contribution in [3.8, 4) is 24.7 Å². The SMILES string of the molecule is C#CC1CCC(C2OCC3OC4OC(C5CCC(C#C)CC5)OC4C3O2)CC1. The molecule has 5 rings (SSSR count). The highest BCUT2D eigenvalue weighted by atomic mass is 16.8. The van der Waals surface area contributed by atoms with Gasteiger partial charge in [-0.3, -0.25) is 0 Å². The largest absolute Gasteiger partial charge is 0.350 e. The molecule has 5 aliphatic rings. The fraction of sp³-hybridized carbons (Fsp3) is 0.826. The van der Waals surface area contributed by atoms with Crippen LogP contribution in [-0.2, 0) is 23.7 Å². The Bertz CT molecular complexity index is 634. The van der Waals surface area contributed by atoms with Gasteiger partial charge in [-0.1, -0.05) is 0 Å². The predicted molar refractivity (Wildman–Crippen MR) is 102 cm³/mol. The Labute approximate surface area is 167 Å². The van der Waals surface area contributed by atoms with Crippen LogP contribution in [0.3, 0.4) is 0 Å². The molecular weight excluding hydrogens is 356 g/mol. The summed E-state index contributed by atoms with van der Waals surface area (Å²) in [5.41, 5.74) is 0. The van der Waals surface area contributed by atoms with Gasteiger partial charge in [0.2, 0.25) is 0 Å². The average Bonchev–Trinajstić information content (AvgIpc) is 3.32. The Hall–Kier alpha value is -1.08. The second-order valence-electron chi connectivity index (χ2n) is 9.01. The van der Waals surface area contributed by atoms with Crippen LogP contribution in [0.4, 0.5) is 0 Å². The van der Waals surface area contributed by atoms with Crippen LogP contribution in [0.25, 0.3) is 0 Å². The molecular formula is C23H30O5. The first-order valence-electron chi connectivity index (χ1n) is 10.9. The van der Waals surface area contributed by atoms with Gasteiger partial charge >= 0.3 is 0 Å². The minimum atomic E-state index is -0.343. The van der Waals surface area contributed by atoms with Crippen LogP contribution in [0.15, 0.2) is 0 Å². The normalized spacial score (nSPS) is 50.9. The summed E-state index contributed by atoms with van der Waals surface area (Å²) in [6, 6.07) is 0. The fourth-order valence-electron chi connectivity index (χ4n) is 5.53. The van der Waals surface area contributed by atoms with E-state index in [1.165, 1.54) is 0 Å². The van der Waals surface area contributed by atoms with Gasteiger partial charge in [-0.15, -0.1) is 24.7 Å². The molecule has 0 N–H and O–H groups in total. The molecule has 5 heteroatoms. The lowest BCUT2D eigenvalue weighted by Crippen LogP contribution is -2.49. The molecule has 6 unspecified atom stereocenters. The van der Waals surface area contributed by atoms with Gasteiger partial charge in [-0.05, 0) is 51.4 Å². The Balaban J connectivity index is 1.17. The van der Waals surface area contributed by atoms with E-state index in [0.29, 0.717) is 30.3 Å². The number of rotatable bonds is 2. The van der Waals surface area contributed by atoms with Crippen LogP contribution in [0.2, 0.25) is 0 Å². The average molecular weight is 386 g/mol. The first-order valence-corrected chi connectivity index (χ1v) is 10.9. The van der Waals surface area contributed by atoms with Gasteiger partial charge in [-0.25, -0.2) is 0 Å². The monoisotopic (exact) mass is 386 g/mol. The molecule has 3 aliphatic heterocycles. The second-order valence-corrected chi connectivity index (χ2v) is 9.01. The van der Waals surface area contributed by atoms with Gasteiger partial charge < -0.3 is 23.7 Å². The molecule has 152 valence electrons. The maximum Gasteiger partial charge on any atom is 0.190 e. The molecule has 5 nitrogen and oxygen atoms in total. The molecule has 0 spiro atoms. The molecule has 2 aliphatic carbocycles. The van der Waals surface area contributed by atoms with Crippen LogP contribution in [0, 0.1) is 48.4 Å². The Morgan fingerprint density at radius 2 is 1.14 bits per heavy atom. The van der Waals surface area contributed by atoms with Gasteiger partial charge in [0.25, 0.3) is 0 Å². The summed E-state index contributed by atoms with van der Waals surface area (Å²) in [6.45, 7) is 0.544. The quantitative estimate of drug-likeness (QED) is 0.683. The van der Waals surface area contributed by atoms with Crippen molar-refractivity contribution >= 4 is 0 Å². The van der Waals surface area contributed by atoms with Gasteiger partial charge in [0, 0.05) is 23.7 Å². The molecule has 28 heavy (non-hydrogen) atoms. The van der Waals surface area contributed by atoms with Crippen molar-refractivity contribution in [2.24, 2.45) is 23.7 Å². The fourth-order valence-corrected chi connectivity index (χ4v) is 5.53. The van der Waals surface area contributed by atoms with Gasteiger partial charge in [0.15, 0.2) is 18.9 Å². The minimum Gasteiger partial charge on any atom is -0.350 e. The molecule has 3 saturated heterocycles. The zero-order valence-electron chi connectivity index (χ0n) is 16.3. The van der Waals surface area contributed by atoms with Crippen molar-refractivity contribution in [2.45, 2.75) is 88.5 Å². The first kappa shape index (κ1) is 18.9. The van der Waals surface area contributed by atoms with Crippen molar-refractivity contribution in [3.05, 3.63) is 0 Å². The van der Waals surface area contributed by atoms with E-state index in [9.17, 15) is 0 Å². The van der Waals surface area contributed by atoms with Gasteiger partial charge in [-0.2, -0.15) is 0 Å². The number of ether oxygens (including phenoxy) is 5. The van der Waals surface area contributed by atoms with E-state index >= 15 is 0 Å². The van der Waals surface area contributed by atoms with Crippen LogP contribution >= 0.6 is 0 Å². The summed E-state index contributed by atoms with van der Waals surface area (Å²) in [5.74, 6) is 7.38. The van der Waals surface area contributed by atoms with E-state index in [1.807, 2.05) is 0 Å². The van der Waals surface area contributed by atoms with Gasteiger partial charge in [0.1, 0.15) is 18.3 Å². The zero-order valence-corrected chi connectivity index (χ0v) is 16.3. The molecule has 3 heterocycles. The third kappa shape index (κ3) is 3.49. The summed E-state index contributed by atoms with van der Waals surface area (Å²) < 4.78 is 30.9. The standard InChI is InChI=1S/C23H30O5/c1-3-14-5-9-16(10-6-14)21-24-13-18-19(26-21)20-23(25-18)28-22(27-20)17-11-7-15(4-2)8-12-17/h1-2,14-23H,5-13H2. The summed E-state index contributed by atoms with van der Waals surface area (Å²) in [5, 5.41) is 0. The highest BCUT2D eigenvalue weighted by molar-refractivity contribution is 4.99. The molecule has 0 amide bonds. The van der Waals surface area contributed by atoms with Crippen molar-refractivity contribution in [2.75, 3.05) is 6.61 Å². The number of fused-ring (bicyclic) bond motifs is 3.